The van der Waals surface area contributed by atoms with Gasteiger partial charge in [0.1, 0.15) is 6.33 Å². The van der Waals surface area contributed by atoms with Crippen molar-refractivity contribution in [3.8, 4) is 0 Å². The molecule has 1 N–H and O–H groups in total. The topological polar surface area (TPSA) is 37.8 Å². The molecule has 3 nitrogen and oxygen atoms in total. The summed E-state index contributed by atoms with van der Waals surface area (Å²) in [6.45, 7) is 7.71. The summed E-state index contributed by atoms with van der Waals surface area (Å²) in [5.74, 6) is 1.74. The quantitative estimate of drug-likeness (QED) is 0.457. The lowest BCUT2D eigenvalue weighted by Crippen LogP contribution is -2.32. The molecule has 0 saturated heterocycles. The Hall–Kier alpha value is -0.610. The smallest absolute Gasteiger partial charge is 0.116 e. The van der Waals surface area contributed by atoms with Gasteiger partial charge in [0.15, 0.2) is 0 Å². The summed E-state index contributed by atoms with van der Waals surface area (Å²) >= 11 is 1.76. The SMILES string of the molecule is CC(C)C(C)NCCSc1ccncn1. The Morgan fingerprint density at radius 2 is 2.20 bits per heavy atom. The van der Waals surface area contributed by atoms with Crippen molar-refractivity contribution < 1.29 is 0 Å². The van der Waals surface area contributed by atoms with Crippen molar-refractivity contribution in [1.29, 1.82) is 0 Å². The molecule has 0 radical (unpaired) electrons. The molecule has 1 atom stereocenters. The van der Waals surface area contributed by atoms with Gasteiger partial charge in [-0.3, -0.25) is 0 Å². The van der Waals surface area contributed by atoms with Crippen LogP contribution in [0.1, 0.15) is 20.8 Å². The minimum absolute atomic E-state index is 0.580. The fourth-order valence-electron chi connectivity index (χ4n) is 1.04. The Morgan fingerprint density at radius 1 is 1.40 bits per heavy atom. The number of hydrogen-bond donors (Lipinski definition) is 1. The molecule has 15 heavy (non-hydrogen) atoms. The third-order valence-corrected chi connectivity index (χ3v) is 3.32. The number of nitrogens with one attached hydrogen (secondary N) is 1. The van der Waals surface area contributed by atoms with E-state index in [-0.39, 0.29) is 0 Å². The third kappa shape index (κ3) is 5.14. The van der Waals surface area contributed by atoms with E-state index in [2.05, 4.69) is 36.1 Å². The van der Waals surface area contributed by atoms with E-state index in [0.29, 0.717) is 12.0 Å². The summed E-state index contributed by atoms with van der Waals surface area (Å²) in [6.07, 6.45) is 3.37. The average molecular weight is 225 g/mol. The highest BCUT2D eigenvalue weighted by atomic mass is 32.2. The second-order valence-electron chi connectivity index (χ2n) is 3.88. The van der Waals surface area contributed by atoms with Crippen LogP contribution in [-0.4, -0.2) is 28.3 Å². The third-order valence-electron chi connectivity index (χ3n) is 2.37. The van der Waals surface area contributed by atoms with Crippen molar-refractivity contribution >= 4 is 11.8 Å². The van der Waals surface area contributed by atoms with Crippen LogP contribution in [0.25, 0.3) is 0 Å². The molecule has 0 fully saturated rings. The molecule has 0 aliphatic rings. The Balaban J connectivity index is 2.12. The fourth-order valence-corrected chi connectivity index (χ4v) is 1.75. The fraction of sp³-hybridized carbons (Fsp3) is 0.636. The molecule has 1 aromatic rings. The van der Waals surface area contributed by atoms with Gasteiger partial charge in [-0.25, -0.2) is 9.97 Å². The number of thioether (sulfide) groups is 1. The molecule has 4 heteroatoms. The van der Waals surface area contributed by atoms with Gasteiger partial charge in [-0.15, -0.1) is 11.8 Å². The van der Waals surface area contributed by atoms with E-state index in [1.807, 2.05) is 6.07 Å². The Labute approximate surface area is 96.1 Å². The summed E-state index contributed by atoms with van der Waals surface area (Å²) in [5.41, 5.74) is 0. The lowest BCUT2D eigenvalue weighted by molar-refractivity contribution is 0.438. The zero-order chi connectivity index (χ0) is 11.1. The van der Waals surface area contributed by atoms with Crippen LogP contribution in [0.5, 0.6) is 0 Å². The largest absolute Gasteiger partial charge is 0.313 e. The minimum atomic E-state index is 0.580. The summed E-state index contributed by atoms with van der Waals surface area (Å²) < 4.78 is 0. The highest BCUT2D eigenvalue weighted by Crippen LogP contribution is 2.12. The van der Waals surface area contributed by atoms with E-state index >= 15 is 0 Å². The second kappa shape index (κ2) is 6.80. The van der Waals surface area contributed by atoms with Crippen LogP contribution < -0.4 is 5.32 Å². The first kappa shape index (κ1) is 12.5. The van der Waals surface area contributed by atoms with Gasteiger partial charge in [-0.1, -0.05) is 13.8 Å². The van der Waals surface area contributed by atoms with Gasteiger partial charge in [0.05, 0.1) is 5.03 Å². The lowest BCUT2D eigenvalue weighted by atomic mass is 10.1. The number of aromatic nitrogens is 2. The summed E-state index contributed by atoms with van der Waals surface area (Å²) in [7, 11) is 0. The first-order valence-corrected chi connectivity index (χ1v) is 6.31. The maximum Gasteiger partial charge on any atom is 0.116 e. The molecule has 1 aromatic heterocycles. The van der Waals surface area contributed by atoms with Crippen molar-refractivity contribution in [3.63, 3.8) is 0 Å². The predicted molar refractivity (Wildman–Crippen MR) is 65.1 cm³/mol. The van der Waals surface area contributed by atoms with Gasteiger partial charge in [0, 0.05) is 24.5 Å². The van der Waals surface area contributed by atoms with Crippen LogP contribution in [0.15, 0.2) is 23.6 Å². The number of hydrogen-bond acceptors (Lipinski definition) is 4. The number of nitrogens with zero attached hydrogens (tertiary/aromatic N) is 2. The van der Waals surface area contributed by atoms with Gasteiger partial charge >= 0.3 is 0 Å². The minimum Gasteiger partial charge on any atom is -0.313 e. The molecule has 0 aliphatic heterocycles. The van der Waals surface area contributed by atoms with Crippen LogP contribution >= 0.6 is 11.8 Å². The molecule has 0 amide bonds. The Morgan fingerprint density at radius 3 is 2.80 bits per heavy atom. The van der Waals surface area contributed by atoms with Crippen molar-refractivity contribution in [2.45, 2.75) is 31.8 Å². The summed E-state index contributed by atoms with van der Waals surface area (Å²) in [5, 5.41) is 4.53. The maximum atomic E-state index is 4.15. The van der Waals surface area contributed by atoms with Crippen LogP contribution in [0.4, 0.5) is 0 Å². The van der Waals surface area contributed by atoms with Gasteiger partial charge in [-0.2, -0.15) is 0 Å². The van der Waals surface area contributed by atoms with E-state index in [1.165, 1.54) is 0 Å². The first-order chi connectivity index (χ1) is 7.20. The average Bonchev–Trinajstić information content (AvgIpc) is 2.25. The van der Waals surface area contributed by atoms with Gasteiger partial charge in [0.2, 0.25) is 0 Å². The zero-order valence-electron chi connectivity index (χ0n) is 9.60. The monoisotopic (exact) mass is 225 g/mol. The van der Waals surface area contributed by atoms with Gasteiger partial charge in [0.25, 0.3) is 0 Å². The molecule has 1 heterocycles. The molecule has 84 valence electrons. The lowest BCUT2D eigenvalue weighted by Gasteiger charge is -2.16. The normalized spacial score (nSPS) is 13.1. The highest BCUT2D eigenvalue weighted by molar-refractivity contribution is 7.99. The van der Waals surface area contributed by atoms with Crippen LogP contribution in [0.3, 0.4) is 0 Å². The van der Waals surface area contributed by atoms with E-state index in [9.17, 15) is 0 Å². The summed E-state index contributed by atoms with van der Waals surface area (Å²) in [4.78, 5) is 8.04. The molecule has 0 spiro atoms. The molecule has 1 rings (SSSR count). The molecule has 1 unspecified atom stereocenters. The molecular weight excluding hydrogens is 206 g/mol. The highest BCUT2D eigenvalue weighted by Gasteiger charge is 2.04. The second-order valence-corrected chi connectivity index (χ2v) is 5.00. The number of rotatable bonds is 6. The van der Waals surface area contributed by atoms with Gasteiger partial charge in [-0.05, 0) is 18.9 Å². The van der Waals surface area contributed by atoms with E-state index in [1.54, 1.807) is 24.3 Å². The van der Waals surface area contributed by atoms with Crippen LogP contribution in [0, 0.1) is 5.92 Å². The van der Waals surface area contributed by atoms with E-state index in [0.717, 1.165) is 17.3 Å². The zero-order valence-corrected chi connectivity index (χ0v) is 10.4. The van der Waals surface area contributed by atoms with Crippen molar-refractivity contribution in [2.75, 3.05) is 12.3 Å². The molecular formula is C11H19N3S. The summed E-state index contributed by atoms with van der Waals surface area (Å²) in [6, 6.07) is 2.52. The molecule has 0 saturated carbocycles. The Kier molecular flexibility index (Phi) is 5.65. The van der Waals surface area contributed by atoms with E-state index in [4.69, 9.17) is 0 Å². The van der Waals surface area contributed by atoms with E-state index < -0.39 is 0 Å². The van der Waals surface area contributed by atoms with Crippen LogP contribution in [-0.2, 0) is 0 Å². The molecule has 0 aliphatic carbocycles. The standard InChI is InChI=1S/C11H19N3S/c1-9(2)10(3)13-6-7-15-11-4-5-12-8-14-11/h4-5,8-10,13H,6-7H2,1-3H3. The first-order valence-electron chi connectivity index (χ1n) is 5.32. The van der Waals surface area contributed by atoms with Crippen molar-refractivity contribution in [3.05, 3.63) is 18.6 Å². The van der Waals surface area contributed by atoms with Crippen LogP contribution in [0.2, 0.25) is 0 Å². The van der Waals surface area contributed by atoms with Crippen molar-refractivity contribution in [2.24, 2.45) is 5.92 Å². The molecule has 0 aromatic carbocycles. The van der Waals surface area contributed by atoms with Gasteiger partial charge < -0.3 is 5.32 Å². The molecule has 0 bridgehead atoms. The Bertz CT molecular complexity index is 264. The predicted octanol–water partition coefficient (Wildman–Crippen LogP) is 2.20. The van der Waals surface area contributed by atoms with Crippen molar-refractivity contribution in [1.82, 2.24) is 15.3 Å². The maximum absolute atomic E-state index is 4.15.